The standard InChI is InChI=1S/C8H13N3S3/c1-12-7-10-11-8(14-7)13-6-2-4-9-5-3-6/h6,9H,2-5H2,1H3. The summed E-state index contributed by atoms with van der Waals surface area (Å²) < 4.78 is 2.20. The van der Waals surface area contributed by atoms with Crippen LogP contribution in [0.2, 0.25) is 0 Å². The van der Waals surface area contributed by atoms with Gasteiger partial charge in [-0.2, -0.15) is 0 Å². The van der Waals surface area contributed by atoms with Crippen LogP contribution in [0.15, 0.2) is 8.68 Å². The van der Waals surface area contributed by atoms with E-state index in [2.05, 4.69) is 15.5 Å². The lowest BCUT2D eigenvalue weighted by Gasteiger charge is -2.20. The van der Waals surface area contributed by atoms with Gasteiger partial charge < -0.3 is 5.32 Å². The highest BCUT2D eigenvalue weighted by Gasteiger charge is 2.16. The van der Waals surface area contributed by atoms with E-state index < -0.39 is 0 Å². The van der Waals surface area contributed by atoms with Crippen LogP contribution in [0.25, 0.3) is 0 Å². The molecule has 0 spiro atoms. The fourth-order valence-electron chi connectivity index (χ4n) is 1.38. The average molecular weight is 247 g/mol. The van der Waals surface area contributed by atoms with Gasteiger partial charge in [-0.15, -0.1) is 10.2 Å². The van der Waals surface area contributed by atoms with Crippen LogP contribution in [0, 0.1) is 0 Å². The van der Waals surface area contributed by atoms with Crippen LogP contribution in [0.1, 0.15) is 12.8 Å². The molecule has 3 nitrogen and oxygen atoms in total. The lowest BCUT2D eigenvalue weighted by atomic mass is 10.2. The number of rotatable bonds is 3. The third kappa shape index (κ3) is 2.85. The van der Waals surface area contributed by atoms with Crippen molar-refractivity contribution in [2.75, 3.05) is 19.3 Å². The van der Waals surface area contributed by atoms with Gasteiger partial charge >= 0.3 is 0 Å². The van der Waals surface area contributed by atoms with Gasteiger partial charge in [-0.05, 0) is 32.2 Å². The summed E-state index contributed by atoms with van der Waals surface area (Å²) in [5, 5.41) is 12.4. The van der Waals surface area contributed by atoms with Crippen LogP contribution in [0.5, 0.6) is 0 Å². The van der Waals surface area contributed by atoms with Crippen molar-refractivity contribution in [2.45, 2.75) is 26.8 Å². The van der Waals surface area contributed by atoms with Crippen LogP contribution >= 0.6 is 34.9 Å². The van der Waals surface area contributed by atoms with Crippen molar-refractivity contribution in [3.8, 4) is 0 Å². The molecule has 0 radical (unpaired) electrons. The normalized spacial score (nSPS) is 18.6. The molecule has 1 aromatic rings. The summed E-state index contributed by atoms with van der Waals surface area (Å²) in [6.45, 7) is 2.29. The van der Waals surface area contributed by atoms with E-state index in [9.17, 15) is 0 Å². The smallest absolute Gasteiger partial charge is 0.175 e. The highest BCUT2D eigenvalue weighted by Crippen LogP contribution is 2.33. The molecule has 1 fully saturated rings. The van der Waals surface area contributed by atoms with Crippen molar-refractivity contribution in [3.05, 3.63) is 0 Å². The van der Waals surface area contributed by atoms with Gasteiger partial charge in [-0.25, -0.2) is 0 Å². The second-order valence-corrected chi connectivity index (χ2v) is 6.68. The summed E-state index contributed by atoms with van der Waals surface area (Å²) in [4.78, 5) is 0. The van der Waals surface area contributed by atoms with Gasteiger partial charge in [0, 0.05) is 5.25 Å². The molecule has 6 heteroatoms. The van der Waals surface area contributed by atoms with E-state index in [-0.39, 0.29) is 0 Å². The Bertz CT molecular complexity index is 283. The summed E-state index contributed by atoms with van der Waals surface area (Å²) in [5.41, 5.74) is 0. The molecule has 2 heterocycles. The molecule has 0 atom stereocenters. The highest BCUT2D eigenvalue weighted by molar-refractivity contribution is 8.03. The summed E-state index contributed by atoms with van der Waals surface area (Å²) in [6.07, 6.45) is 4.54. The van der Waals surface area contributed by atoms with Crippen LogP contribution < -0.4 is 5.32 Å². The third-order valence-electron chi connectivity index (χ3n) is 2.12. The molecule has 0 aromatic carbocycles. The number of piperidine rings is 1. The number of thioether (sulfide) groups is 2. The Morgan fingerprint density at radius 1 is 1.29 bits per heavy atom. The number of aromatic nitrogens is 2. The predicted molar refractivity (Wildman–Crippen MR) is 63.4 cm³/mol. The number of hydrogen-bond acceptors (Lipinski definition) is 6. The Labute approximate surface area is 96.5 Å². The van der Waals surface area contributed by atoms with Gasteiger partial charge in [0.05, 0.1) is 0 Å². The highest BCUT2D eigenvalue weighted by atomic mass is 32.2. The van der Waals surface area contributed by atoms with Gasteiger partial charge in [-0.3, -0.25) is 0 Å². The average Bonchev–Trinajstić information content (AvgIpc) is 2.67. The zero-order valence-corrected chi connectivity index (χ0v) is 10.5. The molecule has 0 saturated carbocycles. The molecule has 0 aliphatic carbocycles. The lowest BCUT2D eigenvalue weighted by Crippen LogP contribution is -2.29. The van der Waals surface area contributed by atoms with E-state index in [4.69, 9.17) is 0 Å². The maximum atomic E-state index is 4.17. The first-order valence-corrected chi connectivity index (χ1v) is 7.55. The van der Waals surface area contributed by atoms with Crippen LogP contribution in [0.3, 0.4) is 0 Å². The van der Waals surface area contributed by atoms with E-state index in [1.165, 1.54) is 12.8 Å². The van der Waals surface area contributed by atoms with Gasteiger partial charge in [0.1, 0.15) is 0 Å². The van der Waals surface area contributed by atoms with Crippen molar-refractivity contribution in [1.29, 1.82) is 0 Å². The molecule has 1 saturated heterocycles. The molecule has 0 unspecified atom stereocenters. The van der Waals surface area contributed by atoms with E-state index >= 15 is 0 Å². The van der Waals surface area contributed by atoms with Crippen molar-refractivity contribution in [2.24, 2.45) is 0 Å². The molecule has 2 rings (SSSR count). The summed E-state index contributed by atoms with van der Waals surface area (Å²) in [5.74, 6) is 0. The predicted octanol–water partition coefficient (Wildman–Crippen LogP) is 2.10. The molecule has 1 N–H and O–H groups in total. The van der Waals surface area contributed by atoms with Crippen molar-refractivity contribution in [3.63, 3.8) is 0 Å². The summed E-state index contributed by atoms with van der Waals surface area (Å²) in [6, 6.07) is 0. The fraction of sp³-hybridized carbons (Fsp3) is 0.750. The minimum Gasteiger partial charge on any atom is -0.317 e. The Kier molecular flexibility index (Phi) is 4.10. The monoisotopic (exact) mass is 247 g/mol. The van der Waals surface area contributed by atoms with Crippen molar-refractivity contribution in [1.82, 2.24) is 15.5 Å². The van der Waals surface area contributed by atoms with Gasteiger partial charge in [0.2, 0.25) is 0 Å². The first kappa shape index (κ1) is 10.7. The first-order chi connectivity index (χ1) is 6.88. The van der Waals surface area contributed by atoms with E-state index in [1.807, 2.05) is 18.0 Å². The second-order valence-electron chi connectivity index (χ2n) is 3.11. The van der Waals surface area contributed by atoms with Gasteiger partial charge in [0.15, 0.2) is 8.68 Å². The largest absolute Gasteiger partial charge is 0.317 e. The summed E-state index contributed by atoms with van der Waals surface area (Å²) >= 11 is 5.27. The minimum atomic E-state index is 0.735. The molecular formula is C8H13N3S3. The van der Waals surface area contributed by atoms with Crippen LogP contribution in [0.4, 0.5) is 0 Å². The molecule has 14 heavy (non-hydrogen) atoms. The molecule has 0 bridgehead atoms. The quantitative estimate of drug-likeness (QED) is 0.828. The Morgan fingerprint density at radius 3 is 2.64 bits per heavy atom. The topological polar surface area (TPSA) is 37.8 Å². The lowest BCUT2D eigenvalue weighted by molar-refractivity contribution is 0.531. The summed E-state index contributed by atoms with van der Waals surface area (Å²) in [7, 11) is 0. The van der Waals surface area contributed by atoms with E-state index in [0.717, 1.165) is 27.0 Å². The van der Waals surface area contributed by atoms with Crippen molar-refractivity contribution < 1.29 is 0 Å². The number of hydrogen-bond donors (Lipinski definition) is 1. The van der Waals surface area contributed by atoms with E-state index in [0.29, 0.717) is 0 Å². The van der Waals surface area contributed by atoms with Gasteiger partial charge in [-0.1, -0.05) is 34.9 Å². The fourth-order valence-corrected chi connectivity index (χ4v) is 4.23. The molecule has 78 valence electrons. The second kappa shape index (κ2) is 5.34. The first-order valence-electron chi connectivity index (χ1n) is 4.63. The molecule has 1 aromatic heterocycles. The number of nitrogens with one attached hydrogen (secondary N) is 1. The Morgan fingerprint density at radius 2 is 2.00 bits per heavy atom. The SMILES string of the molecule is CSc1nnc(SC2CCNCC2)s1. The van der Waals surface area contributed by atoms with Crippen LogP contribution in [-0.2, 0) is 0 Å². The molecule has 0 amide bonds. The third-order valence-corrected chi connectivity index (χ3v) is 5.44. The van der Waals surface area contributed by atoms with Crippen LogP contribution in [-0.4, -0.2) is 34.8 Å². The molecule has 1 aliphatic heterocycles. The molecular weight excluding hydrogens is 234 g/mol. The molecule has 1 aliphatic rings. The Balaban J connectivity index is 1.89. The van der Waals surface area contributed by atoms with Crippen molar-refractivity contribution >= 4 is 34.9 Å². The minimum absolute atomic E-state index is 0.735. The maximum Gasteiger partial charge on any atom is 0.175 e. The van der Waals surface area contributed by atoms with Gasteiger partial charge in [0.25, 0.3) is 0 Å². The number of nitrogens with zero attached hydrogens (tertiary/aromatic N) is 2. The maximum absolute atomic E-state index is 4.17. The zero-order chi connectivity index (χ0) is 9.80. The van der Waals surface area contributed by atoms with E-state index in [1.54, 1.807) is 23.1 Å². The zero-order valence-electron chi connectivity index (χ0n) is 8.02. The Hall–Kier alpha value is 0.220.